The number of ether oxygens (including phenoxy) is 1. The van der Waals surface area contributed by atoms with Crippen molar-refractivity contribution in [2.75, 3.05) is 0 Å². The molecule has 1 aliphatic carbocycles. The molecular formula is C24H26N4O2. The van der Waals surface area contributed by atoms with Gasteiger partial charge in [0.1, 0.15) is 17.5 Å². The zero-order valence-corrected chi connectivity index (χ0v) is 17.8. The maximum absolute atomic E-state index is 12.7. The molecule has 6 nitrogen and oxygen atoms in total. The van der Waals surface area contributed by atoms with E-state index >= 15 is 0 Å². The summed E-state index contributed by atoms with van der Waals surface area (Å²) in [7, 11) is 0. The zero-order chi connectivity index (χ0) is 21.3. The molecule has 6 heteroatoms. The number of nitrogens with zero attached hydrogens (tertiary/aromatic N) is 4. The maximum Gasteiger partial charge on any atom is 0.308 e. The number of fused-ring (bicyclic) bond motifs is 3. The second-order valence-corrected chi connectivity index (χ2v) is 8.43. The average molecular weight is 402 g/mol. The van der Waals surface area contributed by atoms with E-state index in [9.17, 15) is 4.79 Å². The molecule has 1 unspecified atom stereocenters. The molecule has 30 heavy (non-hydrogen) atoms. The van der Waals surface area contributed by atoms with Gasteiger partial charge in [0, 0.05) is 11.1 Å². The highest BCUT2D eigenvalue weighted by molar-refractivity contribution is 6.17. The van der Waals surface area contributed by atoms with Gasteiger partial charge >= 0.3 is 5.97 Å². The Balaban J connectivity index is 1.87. The van der Waals surface area contributed by atoms with Gasteiger partial charge in [-0.15, -0.1) is 10.2 Å². The highest BCUT2D eigenvalue weighted by Crippen LogP contribution is 2.33. The fourth-order valence-corrected chi connectivity index (χ4v) is 3.69. The van der Waals surface area contributed by atoms with Crippen molar-refractivity contribution in [3.05, 3.63) is 77.4 Å². The van der Waals surface area contributed by atoms with Crippen LogP contribution in [0.4, 0.5) is 0 Å². The third-order valence-corrected chi connectivity index (χ3v) is 4.87. The van der Waals surface area contributed by atoms with Crippen LogP contribution in [-0.4, -0.2) is 32.0 Å². The van der Waals surface area contributed by atoms with Gasteiger partial charge in [-0.3, -0.25) is 14.4 Å². The van der Waals surface area contributed by atoms with Crippen LogP contribution in [0.2, 0.25) is 0 Å². The second-order valence-electron chi connectivity index (χ2n) is 8.43. The van der Waals surface area contributed by atoms with Gasteiger partial charge in [-0.2, -0.15) is 0 Å². The summed E-state index contributed by atoms with van der Waals surface area (Å²) in [6.45, 7) is 7.50. The summed E-state index contributed by atoms with van der Waals surface area (Å²) in [5, 5.41) is 8.67. The number of carbonyl (C=O) groups excluding carboxylic acids is 1. The Bertz CT molecular complexity index is 1100. The quantitative estimate of drug-likeness (QED) is 0.704. The molecule has 2 aromatic rings. The third-order valence-electron chi connectivity index (χ3n) is 4.87. The number of para-hydroxylation sites is 1. The smallest absolute Gasteiger partial charge is 0.308 e. The molecule has 1 aromatic heterocycles. The van der Waals surface area contributed by atoms with E-state index in [1.807, 2.05) is 56.5 Å². The lowest BCUT2D eigenvalue weighted by Crippen LogP contribution is -2.25. The monoisotopic (exact) mass is 402 g/mol. The fraction of sp³-hybridized carbons (Fsp3) is 0.333. The summed E-state index contributed by atoms with van der Waals surface area (Å²) in [5.74, 6) is 1.10. The Morgan fingerprint density at radius 1 is 1.20 bits per heavy atom. The predicted molar refractivity (Wildman–Crippen MR) is 117 cm³/mol. The molecule has 1 aromatic carbocycles. The minimum atomic E-state index is -0.557. The minimum absolute atomic E-state index is 0.0969. The van der Waals surface area contributed by atoms with E-state index in [4.69, 9.17) is 9.73 Å². The molecule has 0 bridgehead atoms. The van der Waals surface area contributed by atoms with E-state index in [0.29, 0.717) is 5.82 Å². The Labute approximate surface area is 176 Å². The number of aryl methyl sites for hydroxylation is 1. The van der Waals surface area contributed by atoms with E-state index in [-0.39, 0.29) is 12.4 Å². The van der Waals surface area contributed by atoms with Crippen LogP contribution in [0.3, 0.4) is 0 Å². The first-order valence-electron chi connectivity index (χ1n) is 10.2. The molecular weight excluding hydrogens is 376 g/mol. The van der Waals surface area contributed by atoms with Crippen LogP contribution in [0.15, 0.2) is 65.2 Å². The van der Waals surface area contributed by atoms with E-state index in [1.165, 1.54) is 0 Å². The molecule has 0 amide bonds. The Morgan fingerprint density at radius 2 is 2.00 bits per heavy atom. The van der Waals surface area contributed by atoms with Gasteiger partial charge in [-0.25, -0.2) is 0 Å². The van der Waals surface area contributed by atoms with E-state index in [0.717, 1.165) is 34.8 Å². The minimum Gasteiger partial charge on any atom is -0.460 e. The van der Waals surface area contributed by atoms with Gasteiger partial charge < -0.3 is 4.74 Å². The van der Waals surface area contributed by atoms with Crippen LogP contribution < -0.4 is 0 Å². The lowest BCUT2D eigenvalue weighted by molar-refractivity contribution is -0.155. The van der Waals surface area contributed by atoms with Gasteiger partial charge in [0.2, 0.25) is 0 Å². The maximum atomic E-state index is 12.7. The van der Waals surface area contributed by atoms with Crippen LogP contribution in [0.25, 0.3) is 5.69 Å². The first-order chi connectivity index (χ1) is 14.3. The van der Waals surface area contributed by atoms with Crippen LogP contribution in [0.5, 0.6) is 0 Å². The van der Waals surface area contributed by atoms with Crippen molar-refractivity contribution in [3.8, 4) is 5.69 Å². The third kappa shape index (κ3) is 4.03. The average Bonchev–Trinajstić information content (AvgIpc) is 2.84. The number of carbonyl (C=O) groups is 1. The highest BCUT2D eigenvalue weighted by Gasteiger charge is 2.31. The normalized spacial score (nSPS) is 17.9. The molecule has 2 aliphatic rings. The molecule has 1 atom stereocenters. The van der Waals surface area contributed by atoms with Crippen molar-refractivity contribution in [1.29, 1.82) is 0 Å². The summed E-state index contributed by atoms with van der Waals surface area (Å²) in [4.78, 5) is 17.7. The van der Waals surface area contributed by atoms with E-state index in [2.05, 4.69) is 40.6 Å². The molecule has 0 saturated heterocycles. The number of hydrogen-bond donors (Lipinski definition) is 0. The molecule has 1 aliphatic heterocycles. The van der Waals surface area contributed by atoms with Crippen LogP contribution in [0, 0.1) is 6.92 Å². The molecule has 0 fully saturated rings. The summed E-state index contributed by atoms with van der Waals surface area (Å²) < 4.78 is 7.57. The van der Waals surface area contributed by atoms with Crippen molar-refractivity contribution < 1.29 is 9.53 Å². The lowest BCUT2D eigenvalue weighted by Gasteiger charge is -2.21. The Kier molecular flexibility index (Phi) is 5.24. The van der Waals surface area contributed by atoms with E-state index < -0.39 is 11.6 Å². The Hall–Kier alpha value is -3.28. The molecule has 0 radical (unpaired) electrons. The van der Waals surface area contributed by atoms with Gasteiger partial charge in [-0.05, 0) is 40.2 Å². The van der Waals surface area contributed by atoms with Gasteiger partial charge in [-0.1, -0.05) is 48.6 Å². The molecule has 0 spiro atoms. The summed E-state index contributed by atoms with van der Waals surface area (Å²) >= 11 is 0. The first-order valence-corrected chi connectivity index (χ1v) is 10.2. The molecule has 154 valence electrons. The lowest BCUT2D eigenvalue weighted by atomic mass is 9.99. The highest BCUT2D eigenvalue weighted by atomic mass is 16.6. The van der Waals surface area contributed by atoms with Crippen molar-refractivity contribution in [2.45, 2.75) is 52.2 Å². The standard InChI is InChI=1S/C24H26N4O2/c1-16-26-27-23-19(15-21(29)30-24(2,3)4)25-22(17-11-7-5-6-8-12-17)18-13-9-10-14-20(18)28(16)23/h5,7-14,19H,6,15H2,1-4H3. The van der Waals surface area contributed by atoms with Gasteiger partial charge in [0.25, 0.3) is 0 Å². The van der Waals surface area contributed by atoms with Crippen LogP contribution >= 0.6 is 0 Å². The molecule has 0 saturated carbocycles. The zero-order valence-electron chi connectivity index (χ0n) is 17.8. The van der Waals surface area contributed by atoms with Crippen molar-refractivity contribution in [1.82, 2.24) is 14.8 Å². The molecule has 2 heterocycles. The van der Waals surface area contributed by atoms with Crippen molar-refractivity contribution in [3.63, 3.8) is 0 Å². The van der Waals surface area contributed by atoms with Crippen molar-refractivity contribution in [2.24, 2.45) is 4.99 Å². The van der Waals surface area contributed by atoms with Crippen LogP contribution in [-0.2, 0) is 9.53 Å². The topological polar surface area (TPSA) is 69.4 Å². The van der Waals surface area contributed by atoms with Gasteiger partial charge in [0.05, 0.1) is 17.8 Å². The fourth-order valence-electron chi connectivity index (χ4n) is 3.69. The second kappa shape index (κ2) is 7.86. The molecule has 0 N–H and O–H groups in total. The number of allylic oxidation sites excluding steroid dienone is 6. The van der Waals surface area contributed by atoms with Gasteiger partial charge in [0.15, 0.2) is 5.82 Å². The number of hydrogen-bond acceptors (Lipinski definition) is 5. The Morgan fingerprint density at radius 3 is 2.80 bits per heavy atom. The number of aromatic nitrogens is 3. The number of rotatable bonds is 3. The summed E-state index contributed by atoms with van der Waals surface area (Å²) in [5.41, 5.74) is 3.23. The number of benzene rings is 1. The van der Waals surface area contributed by atoms with Crippen LogP contribution in [0.1, 0.15) is 56.9 Å². The predicted octanol–water partition coefficient (Wildman–Crippen LogP) is 4.59. The SMILES string of the molecule is Cc1nnc2n1-c1ccccc1C(C1=CC=CCC=C1)=NC2CC(=O)OC(C)(C)C. The largest absolute Gasteiger partial charge is 0.460 e. The number of esters is 1. The summed E-state index contributed by atoms with van der Waals surface area (Å²) in [6, 6.07) is 7.59. The molecule has 4 rings (SSSR count). The summed E-state index contributed by atoms with van der Waals surface area (Å²) in [6.07, 6.45) is 11.4. The number of aliphatic imine (C=N–C) groups is 1. The van der Waals surface area contributed by atoms with E-state index in [1.54, 1.807) is 0 Å². The van der Waals surface area contributed by atoms with Crippen molar-refractivity contribution >= 4 is 11.7 Å². The first kappa shape index (κ1) is 20.0.